The maximum absolute atomic E-state index is 12.2. The number of H-pyrrole nitrogens is 1. The fourth-order valence-corrected chi connectivity index (χ4v) is 1.95. The summed E-state index contributed by atoms with van der Waals surface area (Å²) in [5, 5.41) is 6.82. The van der Waals surface area contributed by atoms with Crippen LogP contribution in [0.15, 0.2) is 0 Å². The number of aromatic amines is 1. The maximum atomic E-state index is 12.2. The third-order valence-corrected chi connectivity index (χ3v) is 2.88. The molecule has 0 fully saturated rings. The Balaban J connectivity index is 2.27. The maximum Gasteiger partial charge on any atom is 0.281 e. The number of carbonyl (C=O) groups is 2. The second-order valence-corrected chi connectivity index (χ2v) is 4.10. The van der Waals surface area contributed by atoms with Gasteiger partial charge in [0.25, 0.3) is 5.91 Å². The van der Waals surface area contributed by atoms with Crippen LogP contribution in [-0.4, -0.2) is 46.6 Å². The summed E-state index contributed by atoms with van der Waals surface area (Å²) in [6.45, 7) is 2.72. The summed E-state index contributed by atoms with van der Waals surface area (Å²) in [7, 11) is 0. The van der Waals surface area contributed by atoms with Crippen molar-refractivity contribution in [3.8, 4) is 0 Å². The first-order valence-electron chi connectivity index (χ1n) is 5.81. The molecule has 1 aliphatic heterocycles. The number of imide groups is 1. The van der Waals surface area contributed by atoms with Crippen LogP contribution in [-0.2, 0) is 22.6 Å². The van der Waals surface area contributed by atoms with E-state index < -0.39 is 5.91 Å². The van der Waals surface area contributed by atoms with Gasteiger partial charge in [0.15, 0.2) is 5.69 Å². The standard InChI is InChI=1S/C11H16N4O3/c1-7(16)15(4-3-12)11(17)10-8-6-18-5-2-9(8)13-14-10/h2-6,12H2,1H3,(H,13,14). The van der Waals surface area contributed by atoms with Crippen LogP contribution in [0, 0.1) is 0 Å². The number of rotatable bonds is 3. The van der Waals surface area contributed by atoms with Gasteiger partial charge in [-0.3, -0.25) is 19.6 Å². The van der Waals surface area contributed by atoms with Crippen LogP contribution in [0.1, 0.15) is 28.7 Å². The first-order valence-corrected chi connectivity index (χ1v) is 5.81. The van der Waals surface area contributed by atoms with Gasteiger partial charge in [0.05, 0.1) is 13.2 Å². The molecule has 1 aromatic rings. The molecule has 2 amide bonds. The van der Waals surface area contributed by atoms with Crippen LogP contribution in [0.3, 0.4) is 0 Å². The van der Waals surface area contributed by atoms with Crippen LogP contribution in [0.4, 0.5) is 0 Å². The molecule has 3 N–H and O–H groups in total. The van der Waals surface area contributed by atoms with Crippen LogP contribution in [0.25, 0.3) is 0 Å². The predicted octanol–water partition coefficient (Wildman–Crippen LogP) is -0.570. The van der Waals surface area contributed by atoms with E-state index in [1.165, 1.54) is 6.92 Å². The first kappa shape index (κ1) is 12.7. The summed E-state index contributed by atoms with van der Waals surface area (Å²) in [5.41, 5.74) is 7.30. The summed E-state index contributed by atoms with van der Waals surface area (Å²) in [6.07, 6.45) is 0.701. The van der Waals surface area contributed by atoms with Gasteiger partial charge >= 0.3 is 0 Å². The number of amides is 2. The van der Waals surface area contributed by atoms with Crippen LogP contribution in [0.2, 0.25) is 0 Å². The average Bonchev–Trinajstić information content (AvgIpc) is 2.78. The van der Waals surface area contributed by atoms with Crippen molar-refractivity contribution >= 4 is 11.8 Å². The second kappa shape index (κ2) is 5.28. The van der Waals surface area contributed by atoms with Gasteiger partial charge in [-0.2, -0.15) is 5.10 Å². The lowest BCUT2D eigenvalue weighted by Crippen LogP contribution is -2.39. The largest absolute Gasteiger partial charge is 0.376 e. The van der Waals surface area contributed by atoms with E-state index in [0.29, 0.717) is 19.6 Å². The highest BCUT2D eigenvalue weighted by molar-refractivity contribution is 6.03. The summed E-state index contributed by atoms with van der Waals surface area (Å²) >= 11 is 0. The van der Waals surface area contributed by atoms with E-state index in [1.807, 2.05) is 0 Å². The summed E-state index contributed by atoms with van der Waals surface area (Å²) in [5.74, 6) is -0.755. The van der Waals surface area contributed by atoms with Crippen molar-refractivity contribution in [1.82, 2.24) is 15.1 Å². The molecule has 2 rings (SSSR count). The number of hydrogen-bond donors (Lipinski definition) is 2. The van der Waals surface area contributed by atoms with E-state index in [9.17, 15) is 9.59 Å². The highest BCUT2D eigenvalue weighted by Gasteiger charge is 2.27. The SMILES string of the molecule is CC(=O)N(CCN)C(=O)c1n[nH]c2c1COCC2. The number of ether oxygens (including phenoxy) is 1. The molecule has 0 aliphatic carbocycles. The van der Waals surface area contributed by atoms with E-state index in [-0.39, 0.29) is 24.7 Å². The zero-order chi connectivity index (χ0) is 13.1. The molecular weight excluding hydrogens is 236 g/mol. The second-order valence-electron chi connectivity index (χ2n) is 4.10. The van der Waals surface area contributed by atoms with Gasteiger partial charge in [0.2, 0.25) is 5.91 Å². The van der Waals surface area contributed by atoms with E-state index in [0.717, 1.165) is 16.2 Å². The van der Waals surface area contributed by atoms with Crippen molar-refractivity contribution < 1.29 is 14.3 Å². The average molecular weight is 252 g/mol. The Labute approximate surface area is 104 Å². The molecule has 0 bridgehead atoms. The molecule has 0 atom stereocenters. The first-order chi connectivity index (χ1) is 8.65. The number of fused-ring (bicyclic) bond motifs is 1. The minimum absolute atomic E-state index is 0.191. The molecule has 1 aromatic heterocycles. The lowest BCUT2D eigenvalue weighted by molar-refractivity contribution is -0.126. The summed E-state index contributed by atoms with van der Waals surface area (Å²) < 4.78 is 5.30. The third kappa shape index (κ3) is 2.27. The molecule has 7 heteroatoms. The van der Waals surface area contributed by atoms with Crippen molar-refractivity contribution in [3.63, 3.8) is 0 Å². The molecule has 1 aliphatic rings. The molecule has 2 heterocycles. The number of nitrogens with two attached hydrogens (primary N) is 1. The van der Waals surface area contributed by atoms with Crippen LogP contribution in [0.5, 0.6) is 0 Å². The van der Waals surface area contributed by atoms with E-state index in [2.05, 4.69) is 10.2 Å². The lowest BCUT2D eigenvalue weighted by atomic mass is 10.1. The van der Waals surface area contributed by atoms with Gasteiger partial charge < -0.3 is 10.5 Å². The summed E-state index contributed by atoms with van der Waals surface area (Å²) in [6, 6.07) is 0. The zero-order valence-electron chi connectivity index (χ0n) is 10.2. The fourth-order valence-electron chi connectivity index (χ4n) is 1.95. The molecule has 0 unspecified atom stereocenters. The van der Waals surface area contributed by atoms with Gasteiger partial charge in [-0.25, -0.2) is 0 Å². The van der Waals surface area contributed by atoms with E-state index in [1.54, 1.807) is 0 Å². The number of nitrogens with zero attached hydrogens (tertiary/aromatic N) is 2. The number of carbonyl (C=O) groups excluding carboxylic acids is 2. The normalized spacial score (nSPS) is 14.1. The highest BCUT2D eigenvalue weighted by atomic mass is 16.5. The van der Waals surface area contributed by atoms with Crippen LogP contribution < -0.4 is 5.73 Å². The molecule has 7 nitrogen and oxygen atoms in total. The topological polar surface area (TPSA) is 101 Å². The Morgan fingerprint density at radius 3 is 3.00 bits per heavy atom. The van der Waals surface area contributed by atoms with Crippen molar-refractivity contribution in [3.05, 3.63) is 17.0 Å². The number of hydrogen-bond acceptors (Lipinski definition) is 5. The Bertz CT molecular complexity index is 469. The zero-order valence-corrected chi connectivity index (χ0v) is 10.2. The van der Waals surface area contributed by atoms with Crippen molar-refractivity contribution in [2.45, 2.75) is 20.0 Å². The van der Waals surface area contributed by atoms with Gasteiger partial charge in [0.1, 0.15) is 0 Å². The van der Waals surface area contributed by atoms with E-state index >= 15 is 0 Å². The van der Waals surface area contributed by atoms with Gasteiger partial charge in [-0.1, -0.05) is 0 Å². The van der Waals surface area contributed by atoms with Crippen molar-refractivity contribution in [2.75, 3.05) is 19.7 Å². The Kier molecular flexibility index (Phi) is 3.73. The predicted molar refractivity (Wildman–Crippen MR) is 62.7 cm³/mol. The number of aromatic nitrogens is 2. The monoisotopic (exact) mass is 252 g/mol. The highest BCUT2D eigenvalue weighted by Crippen LogP contribution is 2.19. The fraction of sp³-hybridized carbons (Fsp3) is 0.545. The Morgan fingerprint density at radius 2 is 2.33 bits per heavy atom. The molecule has 98 valence electrons. The molecule has 0 saturated heterocycles. The minimum atomic E-state index is -0.420. The molecule has 0 radical (unpaired) electrons. The Hall–Kier alpha value is -1.73. The van der Waals surface area contributed by atoms with E-state index in [4.69, 9.17) is 10.5 Å². The van der Waals surface area contributed by atoms with Gasteiger partial charge in [-0.15, -0.1) is 0 Å². The summed E-state index contributed by atoms with van der Waals surface area (Å²) in [4.78, 5) is 24.7. The molecular formula is C11H16N4O3. The molecule has 0 spiro atoms. The molecule has 18 heavy (non-hydrogen) atoms. The smallest absolute Gasteiger partial charge is 0.281 e. The minimum Gasteiger partial charge on any atom is -0.376 e. The van der Waals surface area contributed by atoms with Crippen molar-refractivity contribution in [1.29, 1.82) is 0 Å². The molecule has 0 saturated carbocycles. The third-order valence-electron chi connectivity index (χ3n) is 2.88. The molecule has 0 aromatic carbocycles. The van der Waals surface area contributed by atoms with Crippen LogP contribution >= 0.6 is 0 Å². The Morgan fingerprint density at radius 1 is 1.56 bits per heavy atom. The van der Waals surface area contributed by atoms with Gasteiger partial charge in [-0.05, 0) is 0 Å². The number of nitrogens with one attached hydrogen (secondary N) is 1. The quantitative estimate of drug-likeness (QED) is 0.750. The van der Waals surface area contributed by atoms with Crippen molar-refractivity contribution in [2.24, 2.45) is 5.73 Å². The lowest BCUT2D eigenvalue weighted by Gasteiger charge is -2.18. The van der Waals surface area contributed by atoms with Gasteiger partial charge in [0, 0.05) is 37.7 Å².